The minimum Gasteiger partial charge on any atom is -0.449 e. The second kappa shape index (κ2) is 4.25. The lowest BCUT2D eigenvalue weighted by Crippen LogP contribution is -2.25. The first kappa shape index (κ1) is 10.3. The SMILES string of the molecule is CCNC(=O)CC[B-](F)(F)F. The summed E-state index contributed by atoms with van der Waals surface area (Å²) in [5, 5.41) is 2.29. The average Bonchev–Trinajstić information content (AvgIpc) is 1.83. The maximum atomic E-state index is 11.5. The second-order valence-electron chi connectivity index (χ2n) is 2.20. The number of halogens is 3. The van der Waals surface area contributed by atoms with E-state index in [1.165, 1.54) is 0 Å². The first-order valence-corrected chi connectivity index (χ1v) is 3.43. The van der Waals surface area contributed by atoms with Crippen LogP contribution < -0.4 is 5.32 Å². The zero-order valence-corrected chi connectivity index (χ0v) is 6.24. The minimum atomic E-state index is -4.81. The van der Waals surface area contributed by atoms with E-state index in [4.69, 9.17) is 0 Å². The van der Waals surface area contributed by atoms with Crippen molar-refractivity contribution in [3.05, 3.63) is 0 Å². The van der Waals surface area contributed by atoms with Crippen molar-refractivity contribution in [2.24, 2.45) is 0 Å². The number of carbonyl (C=O) groups is 1. The van der Waals surface area contributed by atoms with Gasteiger partial charge in [0, 0.05) is 13.0 Å². The fraction of sp³-hybridized carbons (Fsp3) is 0.800. The van der Waals surface area contributed by atoms with Crippen molar-refractivity contribution in [2.75, 3.05) is 6.54 Å². The molecule has 0 unspecified atom stereocenters. The van der Waals surface area contributed by atoms with Crippen LogP contribution in [-0.2, 0) is 4.79 Å². The zero-order valence-electron chi connectivity index (χ0n) is 6.24. The van der Waals surface area contributed by atoms with Crippen molar-refractivity contribution in [3.8, 4) is 0 Å². The molecule has 0 bridgehead atoms. The molecule has 0 aromatic carbocycles. The molecular formula is C5H10BF3NO-. The van der Waals surface area contributed by atoms with E-state index in [2.05, 4.69) is 5.32 Å². The van der Waals surface area contributed by atoms with Crippen molar-refractivity contribution in [1.29, 1.82) is 0 Å². The summed E-state index contributed by atoms with van der Waals surface area (Å²) in [6.07, 6.45) is -1.43. The summed E-state index contributed by atoms with van der Waals surface area (Å²) >= 11 is 0. The lowest BCUT2D eigenvalue weighted by atomic mass is 9.84. The minimum absolute atomic E-state index is 0.379. The Morgan fingerprint density at radius 2 is 2.00 bits per heavy atom. The standard InChI is InChI=1S/C5H10BF3NO/c1-2-10-5(11)3-4-6(7,8)9/h2-4H2,1H3,(H,10,11)/q-1. The monoisotopic (exact) mass is 168 g/mol. The predicted octanol–water partition coefficient (Wildman–Crippen LogP) is 1.36. The van der Waals surface area contributed by atoms with Gasteiger partial charge in [-0.3, -0.25) is 4.79 Å². The van der Waals surface area contributed by atoms with Crippen LogP contribution in [0.4, 0.5) is 12.9 Å². The molecule has 0 rings (SSSR count). The molecule has 2 nitrogen and oxygen atoms in total. The van der Waals surface area contributed by atoms with Crippen molar-refractivity contribution < 1.29 is 17.7 Å². The van der Waals surface area contributed by atoms with Gasteiger partial charge in [-0.1, -0.05) is 6.32 Å². The van der Waals surface area contributed by atoms with Crippen molar-refractivity contribution in [3.63, 3.8) is 0 Å². The van der Waals surface area contributed by atoms with Crippen molar-refractivity contribution >= 4 is 12.9 Å². The summed E-state index contributed by atoms with van der Waals surface area (Å²) in [5.41, 5.74) is 0. The number of amides is 1. The Balaban J connectivity index is 3.46. The van der Waals surface area contributed by atoms with E-state index in [1.54, 1.807) is 6.92 Å². The van der Waals surface area contributed by atoms with E-state index in [0.29, 0.717) is 6.54 Å². The highest BCUT2D eigenvalue weighted by Gasteiger charge is 2.23. The smallest absolute Gasteiger partial charge is 0.449 e. The zero-order chi connectivity index (χ0) is 8.91. The number of nitrogens with one attached hydrogen (secondary N) is 1. The highest BCUT2D eigenvalue weighted by Crippen LogP contribution is 2.16. The van der Waals surface area contributed by atoms with Crippen LogP contribution in [-0.4, -0.2) is 19.4 Å². The number of rotatable bonds is 4. The third-order valence-electron chi connectivity index (χ3n) is 1.07. The number of carbonyl (C=O) groups excluding carboxylic acids is 1. The van der Waals surface area contributed by atoms with Gasteiger partial charge in [0.25, 0.3) is 0 Å². The van der Waals surface area contributed by atoms with E-state index in [-0.39, 0.29) is 0 Å². The fourth-order valence-corrected chi connectivity index (χ4v) is 0.580. The van der Waals surface area contributed by atoms with Gasteiger partial charge in [-0.25, -0.2) is 0 Å². The maximum Gasteiger partial charge on any atom is 0.478 e. The molecule has 0 heterocycles. The Kier molecular flexibility index (Phi) is 3.99. The molecule has 0 saturated carbocycles. The van der Waals surface area contributed by atoms with Crippen LogP contribution in [0, 0.1) is 0 Å². The van der Waals surface area contributed by atoms with Crippen LogP contribution >= 0.6 is 0 Å². The molecule has 0 aliphatic carbocycles. The van der Waals surface area contributed by atoms with E-state index in [9.17, 15) is 17.7 Å². The molecule has 0 aromatic heterocycles. The first-order chi connectivity index (χ1) is 4.95. The van der Waals surface area contributed by atoms with Crippen LogP contribution in [0.2, 0.25) is 6.32 Å². The van der Waals surface area contributed by atoms with E-state index in [0.717, 1.165) is 0 Å². The van der Waals surface area contributed by atoms with Crippen molar-refractivity contribution in [2.45, 2.75) is 19.7 Å². The van der Waals surface area contributed by atoms with Gasteiger partial charge in [0.05, 0.1) is 0 Å². The predicted molar refractivity (Wildman–Crippen MR) is 37.2 cm³/mol. The Morgan fingerprint density at radius 1 is 1.45 bits per heavy atom. The number of hydrogen-bond acceptors (Lipinski definition) is 1. The summed E-state index contributed by atoms with van der Waals surface area (Å²) in [4.78, 5) is 10.5. The Hall–Kier alpha value is -0.675. The average molecular weight is 168 g/mol. The summed E-state index contributed by atoms with van der Waals surface area (Å²) in [5.74, 6) is -0.535. The fourth-order valence-electron chi connectivity index (χ4n) is 0.580. The summed E-state index contributed by atoms with van der Waals surface area (Å²) < 4.78 is 34.6. The Bertz CT molecular complexity index is 136. The highest BCUT2D eigenvalue weighted by molar-refractivity contribution is 6.58. The molecule has 0 fully saturated rings. The van der Waals surface area contributed by atoms with Gasteiger partial charge in [0.15, 0.2) is 0 Å². The van der Waals surface area contributed by atoms with Crippen LogP contribution in [0.1, 0.15) is 13.3 Å². The molecule has 0 aliphatic rings. The summed E-state index contributed by atoms with van der Waals surface area (Å²) in [6, 6.07) is 0. The molecule has 0 aliphatic heterocycles. The maximum absolute atomic E-state index is 11.5. The molecular weight excluding hydrogens is 158 g/mol. The van der Waals surface area contributed by atoms with Crippen LogP contribution in [0.25, 0.3) is 0 Å². The molecule has 0 aromatic rings. The van der Waals surface area contributed by atoms with Gasteiger partial charge < -0.3 is 18.3 Å². The number of hydrogen-bond donors (Lipinski definition) is 1. The largest absolute Gasteiger partial charge is 0.478 e. The topological polar surface area (TPSA) is 29.1 Å². The second-order valence-corrected chi connectivity index (χ2v) is 2.20. The normalized spacial score (nSPS) is 11.3. The molecule has 66 valence electrons. The summed E-state index contributed by atoms with van der Waals surface area (Å²) in [7, 11) is 0. The molecule has 11 heavy (non-hydrogen) atoms. The highest BCUT2D eigenvalue weighted by atomic mass is 19.4. The Morgan fingerprint density at radius 3 is 2.36 bits per heavy atom. The van der Waals surface area contributed by atoms with Crippen molar-refractivity contribution in [1.82, 2.24) is 5.32 Å². The Labute approximate surface area is 63.2 Å². The van der Waals surface area contributed by atoms with Gasteiger partial charge in [-0.05, 0) is 6.92 Å². The van der Waals surface area contributed by atoms with E-state index < -0.39 is 25.6 Å². The molecule has 1 N–H and O–H groups in total. The lowest BCUT2D eigenvalue weighted by Gasteiger charge is -2.11. The third-order valence-corrected chi connectivity index (χ3v) is 1.07. The quantitative estimate of drug-likeness (QED) is 0.630. The van der Waals surface area contributed by atoms with Gasteiger partial charge in [0.2, 0.25) is 5.91 Å². The molecule has 0 atom stereocenters. The van der Waals surface area contributed by atoms with Gasteiger partial charge in [0.1, 0.15) is 0 Å². The van der Waals surface area contributed by atoms with E-state index in [1.807, 2.05) is 0 Å². The summed E-state index contributed by atoms with van der Waals surface area (Å²) in [6.45, 7) is -2.76. The molecule has 0 radical (unpaired) electrons. The molecule has 6 heteroatoms. The lowest BCUT2D eigenvalue weighted by molar-refractivity contribution is -0.120. The third kappa shape index (κ3) is 7.22. The van der Waals surface area contributed by atoms with Gasteiger partial charge in [-0.2, -0.15) is 0 Å². The van der Waals surface area contributed by atoms with Crippen LogP contribution in [0.3, 0.4) is 0 Å². The van der Waals surface area contributed by atoms with Gasteiger partial charge in [-0.15, -0.1) is 0 Å². The molecule has 0 spiro atoms. The van der Waals surface area contributed by atoms with Crippen LogP contribution in [0.5, 0.6) is 0 Å². The molecule has 1 amide bonds. The first-order valence-electron chi connectivity index (χ1n) is 3.43. The van der Waals surface area contributed by atoms with Crippen LogP contribution in [0.15, 0.2) is 0 Å². The van der Waals surface area contributed by atoms with Gasteiger partial charge >= 0.3 is 6.98 Å². The molecule has 0 saturated heterocycles. The van der Waals surface area contributed by atoms with E-state index >= 15 is 0 Å².